The summed E-state index contributed by atoms with van der Waals surface area (Å²) in [5.74, 6) is 0. The fourth-order valence-electron chi connectivity index (χ4n) is 1.21. The van der Waals surface area contributed by atoms with Crippen LogP contribution in [0.4, 0.5) is 0 Å². The van der Waals surface area contributed by atoms with Gasteiger partial charge in [-0.2, -0.15) is 13.1 Å². The van der Waals surface area contributed by atoms with Gasteiger partial charge in [0.05, 0.1) is 6.61 Å². The van der Waals surface area contributed by atoms with Crippen molar-refractivity contribution in [3.05, 3.63) is 0 Å². The molecule has 1 rings (SSSR count). The van der Waals surface area contributed by atoms with E-state index in [1.54, 1.807) is 6.92 Å². The van der Waals surface area contributed by atoms with Gasteiger partial charge in [0.1, 0.15) is 5.60 Å². The largest absolute Gasteiger partial charge is 0.386 e. The van der Waals surface area contributed by atoms with Crippen molar-refractivity contribution in [2.45, 2.75) is 18.9 Å². The van der Waals surface area contributed by atoms with Crippen molar-refractivity contribution >= 4 is 10.2 Å². The molecule has 0 aromatic carbocycles. The summed E-state index contributed by atoms with van der Waals surface area (Å²) in [5, 5.41) is 9.74. The smallest absolute Gasteiger partial charge is 0.276 e. The van der Waals surface area contributed by atoms with Gasteiger partial charge in [0.25, 0.3) is 10.2 Å². The van der Waals surface area contributed by atoms with Gasteiger partial charge in [0.2, 0.25) is 0 Å². The van der Waals surface area contributed by atoms with Crippen molar-refractivity contribution in [1.29, 1.82) is 0 Å². The Balaban J connectivity index is 2.39. The number of rotatable bonds is 5. The lowest BCUT2D eigenvalue weighted by Crippen LogP contribution is -2.47. The average molecular weight is 224 g/mol. The molecule has 84 valence electrons. The monoisotopic (exact) mass is 224 g/mol. The van der Waals surface area contributed by atoms with Gasteiger partial charge in [-0.15, -0.1) is 0 Å². The van der Waals surface area contributed by atoms with Crippen LogP contribution in [0.1, 0.15) is 13.3 Å². The minimum Gasteiger partial charge on any atom is -0.386 e. The van der Waals surface area contributed by atoms with Gasteiger partial charge < -0.3 is 9.84 Å². The second-order valence-corrected chi connectivity index (χ2v) is 4.93. The van der Waals surface area contributed by atoms with Gasteiger partial charge in [0.15, 0.2) is 0 Å². The highest BCUT2D eigenvalue weighted by molar-refractivity contribution is 7.87. The second kappa shape index (κ2) is 4.54. The molecule has 1 saturated heterocycles. The van der Waals surface area contributed by atoms with Crippen LogP contribution in [0, 0.1) is 0 Å². The number of nitrogens with one attached hydrogen (secondary N) is 2. The van der Waals surface area contributed by atoms with E-state index in [0.717, 1.165) is 0 Å². The third-order valence-corrected chi connectivity index (χ3v) is 3.20. The lowest BCUT2D eigenvalue weighted by atomic mass is 10.1. The first-order valence-electron chi connectivity index (χ1n) is 4.52. The maximum atomic E-state index is 11.2. The summed E-state index contributed by atoms with van der Waals surface area (Å²) in [6.45, 7) is 2.65. The van der Waals surface area contributed by atoms with E-state index >= 15 is 0 Å². The molecule has 1 aliphatic rings. The van der Waals surface area contributed by atoms with Gasteiger partial charge in [-0.25, -0.2) is 4.72 Å². The molecule has 0 aromatic rings. The molecular weight excluding hydrogens is 208 g/mol. The lowest BCUT2D eigenvalue weighted by Gasteiger charge is -2.20. The summed E-state index contributed by atoms with van der Waals surface area (Å²) in [7, 11) is -3.47. The first-order chi connectivity index (χ1) is 6.47. The van der Waals surface area contributed by atoms with Gasteiger partial charge in [-0.05, 0) is 0 Å². The molecule has 0 radical (unpaired) electrons. The Morgan fingerprint density at radius 2 is 2.21 bits per heavy atom. The molecule has 7 heteroatoms. The van der Waals surface area contributed by atoms with Gasteiger partial charge >= 0.3 is 0 Å². The number of aliphatic hydroxyl groups is 1. The quantitative estimate of drug-likeness (QED) is 0.535. The lowest BCUT2D eigenvalue weighted by molar-refractivity contribution is 0.0314. The molecule has 0 saturated carbocycles. The Morgan fingerprint density at radius 1 is 1.50 bits per heavy atom. The van der Waals surface area contributed by atoms with E-state index in [9.17, 15) is 13.5 Å². The SMILES string of the molecule is CCNS(=O)(=O)NCC1(O)CCOC1. The van der Waals surface area contributed by atoms with Crippen LogP contribution in [-0.2, 0) is 14.9 Å². The molecule has 1 fully saturated rings. The minimum absolute atomic E-state index is 0.0116. The van der Waals surface area contributed by atoms with E-state index < -0.39 is 15.8 Å². The molecule has 1 heterocycles. The first kappa shape index (κ1) is 11.9. The molecule has 1 atom stereocenters. The van der Waals surface area contributed by atoms with Crippen molar-refractivity contribution in [2.75, 3.05) is 26.3 Å². The van der Waals surface area contributed by atoms with Crippen molar-refractivity contribution < 1.29 is 18.3 Å². The Labute approximate surface area is 83.8 Å². The van der Waals surface area contributed by atoms with Crippen LogP contribution in [0.5, 0.6) is 0 Å². The van der Waals surface area contributed by atoms with Gasteiger partial charge in [-0.3, -0.25) is 0 Å². The Hall–Kier alpha value is -0.210. The van der Waals surface area contributed by atoms with Crippen LogP contribution in [-0.4, -0.2) is 45.4 Å². The molecule has 0 amide bonds. The summed E-state index contributed by atoms with van der Waals surface area (Å²) < 4.78 is 31.8. The van der Waals surface area contributed by atoms with Crippen molar-refractivity contribution in [3.8, 4) is 0 Å². The normalized spacial score (nSPS) is 28.1. The maximum Gasteiger partial charge on any atom is 0.276 e. The van der Waals surface area contributed by atoms with E-state index in [-0.39, 0.29) is 13.2 Å². The van der Waals surface area contributed by atoms with Crippen LogP contribution in [0.3, 0.4) is 0 Å². The van der Waals surface area contributed by atoms with Crippen LogP contribution >= 0.6 is 0 Å². The van der Waals surface area contributed by atoms with Crippen LogP contribution < -0.4 is 9.44 Å². The second-order valence-electron chi connectivity index (χ2n) is 3.35. The molecule has 1 unspecified atom stereocenters. The Morgan fingerprint density at radius 3 is 2.71 bits per heavy atom. The highest BCUT2D eigenvalue weighted by atomic mass is 32.2. The highest BCUT2D eigenvalue weighted by Gasteiger charge is 2.33. The van der Waals surface area contributed by atoms with Gasteiger partial charge in [0, 0.05) is 26.1 Å². The highest BCUT2D eigenvalue weighted by Crippen LogP contribution is 2.16. The zero-order valence-electron chi connectivity index (χ0n) is 8.12. The Bertz CT molecular complexity index is 271. The number of ether oxygens (including phenoxy) is 1. The summed E-state index contributed by atoms with van der Waals surface area (Å²) in [6.07, 6.45) is 0.460. The van der Waals surface area contributed by atoms with Gasteiger partial charge in [-0.1, -0.05) is 6.92 Å². The molecule has 1 aliphatic heterocycles. The molecule has 0 aliphatic carbocycles. The zero-order chi connectivity index (χ0) is 10.7. The summed E-state index contributed by atoms with van der Waals surface area (Å²) >= 11 is 0. The molecular formula is C7H16N2O4S. The van der Waals surface area contributed by atoms with Crippen LogP contribution in [0.2, 0.25) is 0 Å². The number of hydrogen-bond donors (Lipinski definition) is 3. The predicted octanol–water partition coefficient (Wildman–Crippen LogP) is -1.42. The predicted molar refractivity (Wildman–Crippen MR) is 51.0 cm³/mol. The van der Waals surface area contributed by atoms with E-state index in [2.05, 4.69) is 9.44 Å². The topological polar surface area (TPSA) is 87.7 Å². The average Bonchev–Trinajstić information content (AvgIpc) is 2.50. The van der Waals surface area contributed by atoms with E-state index in [0.29, 0.717) is 19.6 Å². The first-order valence-corrected chi connectivity index (χ1v) is 6.00. The van der Waals surface area contributed by atoms with E-state index in [1.807, 2.05) is 0 Å². The standard InChI is InChI=1S/C7H16N2O4S/c1-2-8-14(11,12)9-5-7(10)3-4-13-6-7/h8-10H,2-6H2,1H3. The third kappa shape index (κ3) is 3.50. The number of hydrogen-bond acceptors (Lipinski definition) is 4. The third-order valence-electron chi connectivity index (χ3n) is 2.01. The molecule has 14 heavy (non-hydrogen) atoms. The minimum atomic E-state index is -3.47. The molecule has 0 bridgehead atoms. The Kier molecular flexibility index (Phi) is 3.85. The molecule has 0 aromatic heterocycles. The fourth-order valence-corrected chi connectivity index (χ4v) is 2.15. The molecule has 0 spiro atoms. The summed E-state index contributed by atoms with van der Waals surface area (Å²) in [5.41, 5.74) is -1.05. The fraction of sp³-hybridized carbons (Fsp3) is 1.00. The van der Waals surface area contributed by atoms with E-state index in [1.165, 1.54) is 0 Å². The molecule has 6 nitrogen and oxygen atoms in total. The zero-order valence-corrected chi connectivity index (χ0v) is 8.93. The maximum absolute atomic E-state index is 11.2. The van der Waals surface area contributed by atoms with Crippen molar-refractivity contribution in [3.63, 3.8) is 0 Å². The van der Waals surface area contributed by atoms with Crippen molar-refractivity contribution in [2.24, 2.45) is 0 Å². The van der Waals surface area contributed by atoms with E-state index in [4.69, 9.17) is 4.74 Å². The summed E-state index contributed by atoms with van der Waals surface area (Å²) in [6, 6.07) is 0. The van der Waals surface area contributed by atoms with Crippen LogP contribution in [0.25, 0.3) is 0 Å². The van der Waals surface area contributed by atoms with Crippen LogP contribution in [0.15, 0.2) is 0 Å². The van der Waals surface area contributed by atoms with Crippen molar-refractivity contribution in [1.82, 2.24) is 9.44 Å². The molecule has 3 N–H and O–H groups in total. The summed E-state index contributed by atoms with van der Waals surface area (Å²) in [4.78, 5) is 0.